The molecule has 0 radical (unpaired) electrons. The summed E-state index contributed by atoms with van der Waals surface area (Å²) in [5.41, 5.74) is 4.71. The number of hydrogen-bond acceptors (Lipinski definition) is 7. The van der Waals surface area contributed by atoms with Crippen LogP contribution in [0.4, 0.5) is 14.6 Å². The minimum atomic E-state index is -3.14. The number of nitriles is 1. The van der Waals surface area contributed by atoms with Crippen molar-refractivity contribution in [2.24, 2.45) is 5.92 Å². The summed E-state index contributed by atoms with van der Waals surface area (Å²) in [7, 11) is 0. The minimum absolute atomic E-state index is 0.0532. The molecule has 0 bridgehead atoms. The fourth-order valence-electron chi connectivity index (χ4n) is 3.30. The van der Waals surface area contributed by atoms with E-state index in [0.29, 0.717) is 29.3 Å². The maximum absolute atomic E-state index is 12.8. The lowest BCUT2D eigenvalue weighted by Crippen LogP contribution is -2.45. The van der Waals surface area contributed by atoms with E-state index in [4.69, 9.17) is 5.26 Å². The molecule has 1 N–H and O–H groups in total. The second-order valence-corrected chi connectivity index (χ2v) is 9.90. The van der Waals surface area contributed by atoms with Crippen molar-refractivity contribution in [3.05, 3.63) is 51.9 Å². The molecule has 2 heterocycles. The van der Waals surface area contributed by atoms with Crippen LogP contribution in [0.15, 0.2) is 34.9 Å². The maximum Gasteiger partial charge on any atom is 0.302 e. The topological polar surface area (TPSA) is 102 Å². The van der Waals surface area contributed by atoms with E-state index in [2.05, 4.69) is 36.2 Å². The third-order valence-electron chi connectivity index (χ3n) is 5.30. The van der Waals surface area contributed by atoms with Gasteiger partial charge in [-0.15, -0.1) is 0 Å². The van der Waals surface area contributed by atoms with Gasteiger partial charge in [-0.2, -0.15) is 19.0 Å². The first kappa shape index (κ1) is 29.3. The van der Waals surface area contributed by atoms with E-state index >= 15 is 0 Å². The highest BCUT2D eigenvalue weighted by Gasteiger charge is 2.26. The van der Waals surface area contributed by atoms with Gasteiger partial charge in [0.1, 0.15) is 6.07 Å². The second kappa shape index (κ2) is 13.4. The van der Waals surface area contributed by atoms with E-state index in [-0.39, 0.29) is 17.6 Å². The largest absolute Gasteiger partial charge is 0.302 e. The first-order valence-electron chi connectivity index (χ1n) is 11.6. The van der Waals surface area contributed by atoms with Crippen LogP contribution >= 0.6 is 15.9 Å². The Morgan fingerprint density at radius 3 is 2.33 bits per heavy atom. The number of anilines is 1. The summed E-state index contributed by atoms with van der Waals surface area (Å²) in [4.78, 5) is 33.2. The molecule has 11 heteroatoms. The normalized spacial score (nSPS) is 13.5. The Bertz CT molecular complexity index is 1080. The zero-order chi connectivity index (χ0) is 26.9. The Kier molecular flexibility index (Phi) is 10.9. The van der Waals surface area contributed by atoms with Crippen LogP contribution in [-0.4, -0.2) is 52.1 Å². The molecule has 8 nitrogen and oxygen atoms in total. The van der Waals surface area contributed by atoms with Crippen LogP contribution in [0.25, 0.3) is 0 Å². The van der Waals surface area contributed by atoms with Crippen LogP contribution in [0.1, 0.15) is 62.3 Å². The number of benzene rings is 1. The average molecular weight is 565 g/mol. The van der Waals surface area contributed by atoms with Crippen LogP contribution in [0, 0.1) is 17.2 Å². The Morgan fingerprint density at radius 1 is 1.25 bits per heavy atom. The van der Waals surface area contributed by atoms with E-state index in [0.717, 1.165) is 26.6 Å². The quantitative estimate of drug-likeness (QED) is 0.461. The summed E-state index contributed by atoms with van der Waals surface area (Å²) in [5, 5.41) is 10.8. The molecule has 0 aliphatic carbocycles. The highest BCUT2D eigenvalue weighted by molar-refractivity contribution is 9.10. The van der Waals surface area contributed by atoms with Gasteiger partial charge in [0.2, 0.25) is 5.82 Å². The molecule has 1 fully saturated rings. The molecule has 1 saturated heterocycles. The summed E-state index contributed by atoms with van der Waals surface area (Å²) in [6, 6.07) is 9.66. The minimum Gasteiger partial charge on any atom is -0.299 e. The lowest BCUT2D eigenvalue weighted by atomic mass is 10.1. The number of ketones is 1. The number of amides is 1. The van der Waals surface area contributed by atoms with Gasteiger partial charge >= 0.3 is 5.92 Å². The molecule has 0 saturated carbocycles. The predicted octanol–water partition coefficient (Wildman–Crippen LogP) is 4.74. The number of carbonyl (C=O) groups is 2. The van der Waals surface area contributed by atoms with Gasteiger partial charge in [0.25, 0.3) is 5.91 Å². The lowest BCUT2D eigenvalue weighted by Gasteiger charge is -2.26. The van der Waals surface area contributed by atoms with Crippen molar-refractivity contribution in [1.29, 1.82) is 5.26 Å². The third kappa shape index (κ3) is 9.24. The highest BCUT2D eigenvalue weighted by atomic mass is 79.9. The number of carbonyl (C=O) groups excluding carboxylic acids is 2. The summed E-state index contributed by atoms with van der Waals surface area (Å²) >= 11 is 3.42. The van der Waals surface area contributed by atoms with E-state index in [1.165, 1.54) is 24.6 Å². The molecule has 0 atom stereocenters. The summed E-state index contributed by atoms with van der Waals surface area (Å²) in [6.45, 7) is 9.29. The highest BCUT2D eigenvalue weighted by Crippen LogP contribution is 2.23. The fraction of sp³-hybridized carbons (Fsp3) is 0.480. The molecule has 1 aromatic heterocycles. The third-order valence-corrected chi connectivity index (χ3v) is 5.86. The molecule has 1 aliphatic rings. The van der Waals surface area contributed by atoms with Gasteiger partial charge in [0.15, 0.2) is 11.6 Å². The van der Waals surface area contributed by atoms with Crippen molar-refractivity contribution in [2.75, 3.05) is 24.6 Å². The van der Waals surface area contributed by atoms with Crippen molar-refractivity contribution in [2.45, 2.75) is 53.0 Å². The van der Waals surface area contributed by atoms with Crippen molar-refractivity contribution < 1.29 is 18.4 Å². The van der Waals surface area contributed by atoms with Crippen LogP contribution in [0.2, 0.25) is 0 Å². The summed E-state index contributed by atoms with van der Waals surface area (Å²) < 4.78 is 23.6. The number of halogens is 3. The van der Waals surface area contributed by atoms with Gasteiger partial charge in [-0.3, -0.25) is 24.9 Å². The van der Waals surface area contributed by atoms with E-state index in [1.807, 2.05) is 44.2 Å². The molecular formula is C25H31BrF2N6O2. The summed E-state index contributed by atoms with van der Waals surface area (Å²) in [6.07, 6.45) is 4.05. The zero-order valence-corrected chi connectivity index (χ0v) is 22.5. The number of nitrogens with one attached hydrogen (secondary N) is 1. The molecule has 1 amide bonds. The molecule has 0 unspecified atom stereocenters. The standard InChI is InChI=1S/C21H25BrN6O.C4H6F2O/c1-15(2)13-28(20-18(22)12-24-19(11-23)25-20)26-21(29)17-7-5-16(6-8-17)14-27-9-3-4-10-27;1-3(7)4(2,5)6/h5-8,12,15H,3-4,9-10,13-14H2,1-2H3,(H,26,29);1-2H3. The average Bonchev–Trinajstić information content (AvgIpc) is 3.32. The van der Waals surface area contributed by atoms with Gasteiger partial charge in [0, 0.05) is 38.7 Å². The molecular weight excluding hydrogens is 534 g/mol. The number of hydrazine groups is 1. The van der Waals surface area contributed by atoms with Gasteiger partial charge in [-0.25, -0.2) is 4.98 Å². The monoisotopic (exact) mass is 564 g/mol. The van der Waals surface area contributed by atoms with Crippen molar-refractivity contribution >= 4 is 33.4 Å². The van der Waals surface area contributed by atoms with Crippen LogP contribution in [0.5, 0.6) is 0 Å². The van der Waals surface area contributed by atoms with Crippen molar-refractivity contribution in [3.63, 3.8) is 0 Å². The first-order chi connectivity index (χ1) is 16.9. The Hall–Kier alpha value is -2.97. The molecule has 194 valence electrons. The molecule has 36 heavy (non-hydrogen) atoms. The maximum atomic E-state index is 12.8. The van der Waals surface area contributed by atoms with Crippen LogP contribution in [-0.2, 0) is 11.3 Å². The molecule has 0 spiro atoms. The van der Waals surface area contributed by atoms with Crippen molar-refractivity contribution in [1.82, 2.24) is 20.3 Å². The molecule has 1 aromatic carbocycles. The number of rotatable bonds is 8. The number of hydrogen-bond donors (Lipinski definition) is 1. The van der Waals surface area contributed by atoms with E-state index in [1.54, 1.807) is 5.01 Å². The van der Waals surface area contributed by atoms with Crippen LogP contribution < -0.4 is 10.4 Å². The Morgan fingerprint density at radius 2 is 1.83 bits per heavy atom. The van der Waals surface area contributed by atoms with Gasteiger partial charge in [0.05, 0.1) is 4.47 Å². The predicted molar refractivity (Wildman–Crippen MR) is 136 cm³/mol. The lowest BCUT2D eigenvalue weighted by molar-refractivity contribution is -0.138. The smallest absolute Gasteiger partial charge is 0.299 e. The first-order valence-corrected chi connectivity index (χ1v) is 12.4. The molecule has 1 aliphatic heterocycles. The second-order valence-electron chi connectivity index (χ2n) is 9.05. The zero-order valence-electron chi connectivity index (χ0n) is 20.9. The van der Waals surface area contributed by atoms with Crippen molar-refractivity contribution in [3.8, 4) is 6.07 Å². The Balaban J connectivity index is 0.000000572. The molecule has 2 aromatic rings. The van der Waals surface area contributed by atoms with Crippen LogP contribution in [0.3, 0.4) is 0 Å². The number of nitrogens with zero attached hydrogens (tertiary/aromatic N) is 5. The number of aromatic nitrogens is 2. The van der Waals surface area contributed by atoms with Gasteiger partial charge in [-0.1, -0.05) is 26.0 Å². The SMILES string of the molecule is CC(=O)C(C)(F)F.CC(C)CN(NC(=O)c1ccc(CN2CCCC2)cc1)c1nc(C#N)ncc1Br. The number of alkyl halides is 2. The van der Waals surface area contributed by atoms with E-state index in [9.17, 15) is 18.4 Å². The van der Waals surface area contributed by atoms with Gasteiger partial charge < -0.3 is 0 Å². The molecule has 3 rings (SSSR count). The fourth-order valence-corrected chi connectivity index (χ4v) is 3.70. The summed E-state index contributed by atoms with van der Waals surface area (Å²) in [5.74, 6) is -3.66. The number of likely N-dealkylation sites (tertiary alicyclic amines) is 1. The van der Waals surface area contributed by atoms with E-state index < -0.39 is 11.7 Å². The Labute approximate surface area is 218 Å². The van der Waals surface area contributed by atoms with Gasteiger partial charge in [-0.05, 0) is 65.5 Å². The number of Topliss-reactive ketones (excluding diaryl/α,β-unsaturated/α-hetero) is 1.